The third-order valence-corrected chi connectivity index (χ3v) is 2.86. The summed E-state index contributed by atoms with van der Waals surface area (Å²) >= 11 is 0. The second-order valence-electron chi connectivity index (χ2n) is 4.38. The maximum absolute atomic E-state index is 13.7. The average Bonchev–Trinajstić information content (AvgIpc) is 2.46. The minimum Gasteiger partial charge on any atom is -0.489 e. The van der Waals surface area contributed by atoms with E-state index in [1.807, 2.05) is 37.4 Å². The van der Waals surface area contributed by atoms with Gasteiger partial charge in [0, 0.05) is 12.1 Å². The Labute approximate surface area is 117 Å². The van der Waals surface area contributed by atoms with Gasteiger partial charge >= 0.3 is 0 Å². The summed E-state index contributed by atoms with van der Waals surface area (Å²) in [5, 5.41) is 11.7. The van der Waals surface area contributed by atoms with Gasteiger partial charge in [-0.3, -0.25) is 0 Å². The Balaban J connectivity index is 2.05. The lowest BCUT2D eigenvalue weighted by atomic mass is 10.1. The van der Waals surface area contributed by atoms with Gasteiger partial charge in [-0.05, 0) is 36.9 Å². The predicted molar refractivity (Wildman–Crippen MR) is 74.7 cm³/mol. The molecule has 0 spiro atoms. The highest BCUT2D eigenvalue weighted by Gasteiger charge is 2.05. The van der Waals surface area contributed by atoms with Gasteiger partial charge in [-0.2, -0.15) is 5.26 Å². The van der Waals surface area contributed by atoms with E-state index in [2.05, 4.69) is 5.32 Å². The molecule has 3 nitrogen and oxygen atoms in total. The van der Waals surface area contributed by atoms with Crippen molar-refractivity contribution in [3.8, 4) is 11.8 Å². The lowest BCUT2D eigenvalue weighted by Crippen LogP contribution is -2.05. The van der Waals surface area contributed by atoms with Gasteiger partial charge < -0.3 is 10.1 Å². The summed E-state index contributed by atoms with van der Waals surface area (Å²) < 4.78 is 19.3. The number of nitriles is 1. The first-order chi connectivity index (χ1) is 9.72. The van der Waals surface area contributed by atoms with Crippen LogP contribution in [-0.2, 0) is 13.2 Å². The fourth-order valence-corrected chi connectivity index (χ4v) is 1.84. The molecule has 0 amide bonds. The Kier molecular flexibility index (Phi) is 4.70. The normalized spacial score (nSPS) is 10.1. The smallest absolute Gasteiger partial charge is 0.131 e. The minimum atomic E-state index is -0.421. The van der Waals surface area contributed by atoms with E-state index in [0.717, 1.165) is 12.1 Å². The summed E-state index contributed by atoms with van der Waals surface area (Å²) in [6.45, 7) is 0.892. The lowest BCUT2D eigenvalue weighted by molar-refractivity contribution is 0.299. The third kappa shape index (κ3) is 3.56. The number of rotatable bonds is 5. The van der Waals surface area contributed by atoms with Crippen LogP contribution >= 0.6 is 0 Å². The van der Waals surface area contributed by atoms with Crippen molar-refractivity contribution in [1.29, 1.82) is 5.26 Å². The Morgan fingerprint density at radius 2 is 2.10 bits per heavy atom. The molecule has 0 saturated carbocycles. The van der Waals surface area contributed by atoms with Crippen molar-refractivity contribution in [2.24, 2.45) is 0 Å². The lowest BCUT2D eigenvalue weighted by Gasteiger charge is -2.09. The van der Waals surface area contributed by atoms with Crippen LogP contribution in [0.3, 0.4) is 0 Å². The van der Waals surface area contributed by atoms with E-state index in [1.165, 1.54) is 6.07 Å². The van der Waals surface area contributed by atoms with Crippen LogP contribution in [0.25, 0.3) is 0 Å². The van der Waals surface area contributed by atoms with Crippen LogP contribution in [0.2, 0.25) is 0 Å². The first-order valence-electron chi connectivity index (χ1n) is 6.28. The Bertz CT molecular complexity index is 635. The van der Waals surface area contributed by atoms with Crippen LogP contribution in [-0.4, -0.2) is 7.05 Å². The molecule has 1 N–H and O–H groups in total. The van der Waals surface area contributed by atoms with Crippen molar-refractivity contribution < 1.29 is 9.13 Å². The van der Waals surface area contributed by atoms with Crippen molar-refractivity contribution in [2.45, 2.75) is 13.2 Å². The molecule has 0 aliphatic carbocycles. The van der Waals surface area contributed by atoms with Crippen molar-refractivity contribution in [3.05, 3.63) is 65.0 Å². The topological polar surface area (TPSA) is 45.0 Å². The first-order valence-corrected chi connectivity index (χ1v) is 6.28. The average molecular weight is 270 g/mol. The van der Waals surface area contributed by atoms with Gasteiger partial charge in [0.1, 0.15) is 18.2 Å². The molecule has 102 valence electrons. The van der Waals surface area contributed by atoms with E-state index in [0.29, 0.717) is 16.9 Å². The number of nitrogens with zero attached hydrogens (tertiary/aromatic N) is 1. The molecule has 0 saturated heterocycles. The van der Waals surface area contributed by atoms with Gasteiger partial charge in [-0.1, -0.05) is 18.2 Å². The molecule has 2 aromatic rings. The molecule has 0 unspecified atom stereocenters. The SMILES string of the molecule is CNCc1cccc(OCc2ccc(C#N)cc2F)c1. The summed E-state index contributed by atoms with van der Waals surface area (Å²) in [7, 11) is 1.87. The Morgan fingerprint density at radius 3 is 2.80 bits per heavy atom. The third-order valence-electron chi connectivity index (χ3n) is 2.86. The van der Waals surface area contributed by atoms with Gasteiger partial charge in [0.2, 0.25) is 0 Å². The zero-order valence-corrected chi connectivity index (χ0v) is 11.2. The molecule has 0 radical (unpaired) electrons. The number of nitrogens with one attached hydrogen (secondary N) is 1. The molecule has 0 bridgehead atoms. The number of halogens is 1. The maximum Gasteiger partial charge on any atom is 0.131 e. The van der Waals surface area contributed by atoms with Gasteiger partial charge in [-0.15, -0.1) is 0 Å². The maximum atomic E-state index is 13.7. The van der Waals surface area contributed by atoms with E-state index in [1.54, 1.807) is 12.1 Å². The largest absolute Gasteiger partial charge is 0.489 e. The second kappa shape index (κ2) is 6.69. The van der Waals surface area contributed by atoms with Crippen LogP contribution in [0, 0.1) is 17.1 Å². The first kappa shape index (κ1) is 14.0. The van der Waals surface area contributed by atoms with Crippen LogP contribution in [0.4, 0.5) is 4.39 Å². The van der Waals surface area contributed by atoms with Gasteiger partial charge in [-0.25, -0.2) is 4.39 Å². The van der Waals surface area contributed by atoms with E-state index < -0.39 is 5.82 Å². The molecule has 2 rings (SSSR count). The van der Waals surface area contributed by atoms with Crippen molar-refractivity contribution in [1.82, 2.24) is 5.32 Å². The Morgan fingerprint density at radius 1 is 1.25 bits per heavy atom. The molecule has 2 aromatic carbocycles. The second-order valence-corrected chi connectivity index (χ2v) is 4.38. The Hall–Kier alpha value is -2.38. The number of hydrogen-bond donors (Lipinski definition) is 1. The molecule has 0 aliphatic rings. The van der Waals surface area contributed by atoms with Crippen molar-refractivity contribution in [2.75, 3.05) is 7.05 Å². The molecule has 0 fully saturated rings. The molecular weight excluding hydrogens is 255 g/mol. The number of ether oxygens (including phenoxy) is 1. The summed E-state index contributed by atoms with van der Waals surface area (Å²) in [4.78, 5) is 0. The zero-order chi connectivity index (χ0) is 14.4. The molecule has 0 heterocycles. The highest BCUT2D eigenvalue weighted by atomic mass is 19.1. The van der Waals surface area contributed by atoms with Crippen LogP contribution in [0.1, 0.15) is 16.7 Å². The molecule has 0 atom stereocenters. The van der Waals surface area contributed by atoms with Gasteiger partial charge in [0.25, 0.3) is 0 Å². The van der Waals surface area contributed by atoms with Gasteiger partial charge in [0.15, 0.2) is 0 Å². The summed E-state index contributed by atoms with van der Waals surface area (Å²) in [6, 6.07) is 13.9. The van der Waals surface area contributed by atoms with E-state index in [-0.39, 0.29) is 6.61 Å². The number of benzene rings is 2. The standard InChI is InChI=1S/C16H15FN2O/c1-19-10-13-3-2-4-15(7-13)20-11-14-6-5-12(9-18)8-16(14)17/h2-8,19H,10-11H2,1H3. The fourth-order valence-electron chi connectivity index (χ4n) is 1.84. The summed E-state index contributed by atoms with van der Waals surface area (Å²) in [5.74, 6) is 0.275. The highest BCUT2D eigenvalue weighted by molar-refractivity contribution is 5.33. The van der Waals surface area contributed by atoms with E-state index >= 15 is 0 Å². The minimum absolute atomic E-state index is 0.139. The van der Waals surface area contributed by atoms with E-state index in [9.17, 15) is 4.39 Å². The fraction of sp³-hybridized carbons (Fsp3) is 0.188. The molecular formula is C16H15FN2O. The van der Waals surface area contributed by atoms with E-state index in [4.69, 9.17) is 10.00 Å². The monoisotopic (exact) mass is 270 g/mol. The molecule has 20 heavy (non-hydrogen) atoms. The number of hydrogen-bond acceptors (Lipinski definition) is 3. The zero-order valence-electron chi connectivity index (χ0n) is 11.2. The van der Waals surface area contributed by atoms with Crippen LogP contribution in [0.5, 0.6) is 5.75 Å². The highest BCUT2D eigenvalue weighted by Crippen LogP contribution is 2.17. The summed E-state index contributed by atoms with van der Waals surface area (Å²) in [5.41, 5.74) is 1.84. The van der Waals surface area contributed by atoms with Crippen molar-refractivity contribution in [3.63, 3.8) is 0 Å². The van der Waals surface area contributed by atoms with Crippen molar-refractivity contribution >= 4 is 0 Å². The van der Waals surface area contributed by atoms with Crippen LogP contribution < -0.4 is 10.1 Å². The van der Waals surface area contributed by atoms with Gasteiger partial charge in [0.05, 0.1) is 11.6 Å². The molecule has 4 heteroatoms. The predicted octanol–water partition coefficient (Wildman–Crippen LogP) is 3.00. The summed E-state index contributed by atoms with van der Waals surface area (Å²) in [6.07, 6.45) is 0. The quantitative estimate of drug-likeness (QED) is 0.908. The van der Waals surface area contributed by atoms with Crippen LogP contribution in [0.15, 0.2) is 42.5 Å². The molecule has 0 aliphatic heterocycles. The molecule has 0 aromatic heterocycles.